The van der Waals surface area contributed by atoms with E-state index in [2.05, 4.69) is 32.3 Å². The first-order valence-electron chi connectivity index (χ1n) is 1.81. The van der Waals surface area contributed by atoms with E-state index < -0.39 is 12.7 Å². The van der Waals surface area contributed by atoms with Gasteiger partial charge in [-0.1, -0.05) is 0 Å². The molecule has 0 spiro atoms. The fourth-order valence-electron chi connectivity index (χ4n) is 0.177. The maximum absolute atomic E-state index is 10.1. The van der Waals surface area contributed by atoms with Crippen molar-refractivity contribution in [2.24, 2.45) is 0 Å². The number of halogens is 1. The monoisotopic (exact) mass is 190 g/mol. The Hall–Kier alpha value is 0.330. The van der Waals surface area contributed by atoms with E-state index >= 15 is 0 Å². The first-order chi connectivity index (χ1) is 3.98. The lowest BCUT2D eigenvalue weighted by Gasteiger charge is -2.07. The minimum atomic E-state index is -3.48. The standard InChI is InChI=1S/C2H4ClO4PS/c1-2(4)6-8(5,9)7-3/h1H3,(H,5,9). The third-order valence-electron chi connectivity index (χ3n) is 0.331. The molecule has 1 unspecified atom stereocenters. The van der Waals surface area contributed by atoms with Gasteiger partial charge in [0, 0.05) is 18.7 Å². The van der Waals surface area contributed by atoms with Crippen molar-refractivity contribution in [3.05, 3.63) is 0 Å². The molecule has 0 aromatic carbocycles. The van der Waals surface area contributed by atoms with Crippen LogP contribution >= 0.6 is 18.6 Å². The average Bonchev–Trinajstić information content (AvgIpc) is 1.63. The van der Waals surface area contributed by atoms with Crippen LogP contribution < -0.4 is 0 Å². The summed E-state index contributed by atoms with van der Waals surface area (Å²) in [7, 11) is 0. The number of hydrogen-bond donors (Lipinski definition) is 1. The van der Waals surface area contributed by atoms with E-state index in [1.165, 1.54) is 0 Å². The number of carbonyl (C=O) groups is 1. The molecule has 0 aliphatic rings. The van der Waals surface area contributed by atoms with Gasteiger partial charge in [0.05, 0.1) is 11.9 Å². The first kappa shape index (κ1) is 9.33. The Labute approximate surface area is 62.1 Å². The lowest BCUT2D eigenvalue weighted by molar-refractivity contribution is -0.132. The van der Waals surface area contributed by atoms with Gasteiger partial charge in [-0.15, -0.1) is 0 Å². The minimum Gasteiger partial charge on any atom is -0.391 e. The summed E-state index contributed by atoms with van der Waals surface area (Å²) in [5.74, 6) is -0.721. The van der Waals surface area contributed by atoms with Crippen LogP contribution in [-0.4, -0.2) is 10.9 Å². The van der Waals surface area contributed by atoms with Crippen LogP contribution in [0, 0.1) is 0 Å². The smallest absolute Gasteiger partial charge is 0.391 e. The highest BCUT2D eigenvalue weighted by Gasteiger charge is 2.16. The summed E-state index contributed by atoms with van der Waals surface area (Å²) in [5.41, 5.74) is 0. The molecular weight excluding hydrogens is 187 g/mol. The summed E-state index contributed by atoms with van der Waals surface area (Å²) in [6.07, 6.45) is 0. The predicted octanol–water partition coefficient (Wildman–Crippen LogP) is 0.937. The third-order valence-corrected chi connectivity index (χ3v) is 2.25. The van der Waals surface area contributed by atoms with Crippen LogP contribution in [0.2, 0.25) is 0 Å². The Morgan fingerprint density at radius 3 is 2.44 bits per heavy atom. The van der Waals surface area contributed by atoms with Crippen molar-refractivity contribution in [2.45, 2.75) is 6.92 Å². The molecule has 0 aromatic rings. The van der Waals surface area contributed by atoms with Crippen molar-refractivity contribution in [2.75, 3.05) is 0 Å². The second-order valence-corrected chi connectivity index (χ2v) is 4.18. The summed E-state index contributed by atoms with van der Waals surface area (Å²) in [6.45, 7) is -2.39. The first-order valence-corrected chi connectivity index (χ1v) is 4.71. The van der Waals surface area contributed by atoms with Crippen LogP contribution in [0.15, 0.2) is 0 Å². The van der Waals surface area contributed by atoms with Gasteiger partial charge in [0.2, 0.25) is 0 Å². The summed E-state index contributed by atoms with van der Waals surface area (Å²) in [5, 5.41) is 0. The van der Waals surface area contributed by atoms with Crippen LogP contribution in [0.5, 0.6) is 0 Å². The highest BCUT2D eigenvalue weighted by Crippen LogP contribution is 2.44. The Kier molecular flexibility index (Phi) is 3.61. The van der Waals surface area contributed by atoms with E-state index in [1.54, 1.807) is 0 Å². The SMILES string of the molecule is CC(=O)OP(O)(=S)OCl. The molecule has 9 heavy (non-hydrogen) atoms. The van der Waals surface area contributed by atoms with Gasteiger partial charge in [-0.05, 0) is 0 Å². The van der Waals surface area contributed by atoms with E-state index in [4.69, 9.17) is 4.89 Å². The number of rotatable bonds is 2. The normalized spacial score (nSPS) is 16.3. The van der Waals surface area contributed by atoms with E-state index in [-0.39, 0.29) is 0 Å². The molecule has 1 atom stereocenters. The molecule has 0 bridgehead atoms. The summed E-state index contributed by atoms with van der Waals surface area (Å²) in [6, 6.07) is 0. The van der Waals surface area contributed by atoms with Crippen LogP contribution in [0.4, 0.5) is 0 Å². The van der Waals surface area contributed by atoms with E-state index in [0.717, 1.165) is 6.92 Å². The second-order valence-electron chi connectivity index (χ2n) is 1.12. The molecule has 1 N–H and O–H groups in total. The molecule has 54 valence electrons. The predicted molar refractivity (Wildman–Crippen MR) is 35.2 cm³/mol. The third kappa shape index (κ3) is 4.81. The maximum atomic E-state index is 10.1. The minimum absolute atomic E-state index is 0.721. The second kappa shape index (κ2) is 3.49. The Morgan fingerprint density at radius 2 is 2.33 bits per heavy atom. The molecule has 0 saturated heterocycles. The molecule has 0 aliphatic heterocycles. The van der Waals surface area contributed by atoms with Crippen molar-refractivity contribution in [3.63, 3.8) is 0 Å². The van der Waals surface area contributed by atoms with Crippen LogP contribution in [0.1, 0.15) is 6.92 Å². The van der Waals surface area contributed by atoms with Gasteiger partial charge in [0.25, 0.3) is 0 Å². The van der Waals surface area contributed by atoms with Gasteiger partial charge >= 0.3 is 12.7 Å². The van der Waals surface area contributed by atoms with Gasteiger partial charge in [0.15, 0.2) is 0 Å². The van der Waals surface area contributed by atoms with Gasteiger partial charge in [-0.2, -0.15) is 4.08 Å². The van der Waals surface area contributed by atoms with E-state index in [9.17, 15) is 4.79 Å². The molecule has 0 heterocycles. The summed E-state index contributed by atoms with van der Waals surface area (Å²) in [4.78, 5) is 18.7. The fourth-order valence-corrected chi connectivity index (χ4v) is 0.929. The van der Waals surface area contributed by atoms with E-state index in [1.807, 2.05) is 0 Å². The Bertz CT molecular complexity index is 159. The Morgan fingerprint density at radius 1 is 1.89 bits per heavy atom. The molecule has 0 radical (unpaired) electrons. The Balaban J connectivity index is 3.88. The molecule has 7 heteroatoms. The molecule has 4 nitrogen and oxygen atoms in total. The van der Waals surface area contributed by atoms with Crippen LogP contribution in [0.3, 0.4) is 0 Å². The zero-order valence-corrected chi connectivity index (χ0v) is 6.87. The van der Waals surface area contributed by atoms with Gasteiger partial charge in [0.1, 0.15) is 0 Å². The highest BCUT2D eigenvalue weighted by molar-refractivity contribution is 8.07. The van der Waals surface area contributed by atoms with Crippen molar-refractivity contribution in [1.82, 2.24) is 0 Å². The van der Waals surface area contributed by atoms with E-state index in [0.29, 0.717) is 0 Å². The highest BCUT2D eigenvalue weighted by atomic mass is 35.5. The van der Waals surface area contributed by atoms with Crippen LogP contribution in [-0.2, 0) is 25.2 Å². The number of hydrogen-bond acceptors (Lipinski definition) is 4. The van der Waals surface area contributed by atoms with Crippen molar-refractivity contribution >= 4 is 36.4 Å². The lowest BCUT2D eigenvalue weighted by Crippen LogP contribution is -1.95. The lowest BCUT2D eigenvalue weighted by atomic mass is 10.9. The summed E-state index contributed by atoms with van der Waals surface area (Å²) >= 11 is 8.85. The van der Waals surface area contributed by atoms with Gasteiger partial charge in [-0.25, -0.2) is 0 Å². The topological polar surface area (TPSA) is 55.8 Å². The molecule has 0 aliphatic carbocycles. The quantitative estimate of drug-likeness (QED) is 0.657. The number of carbonyl (C=O) groups excluding carboxylic acids is 1. The largest absolute Gasteiger partial charge is 0.396 e. The zero-order chi connectivity index (χ0) is 7.49. The fraction of sp³-hybridized carbons (Fsp3) is 0.500. The van der Waals surface area contributed by atoms with Crippen molar-refractivity contribution in [1.29, 1.82) is 0 Å². The zero-order valence-electron chi connectivity index (χ0n) is 4.41. The van der Waals surface area contributed by atoms with Crippen molar-refractivity contribution < 1.29 is 18.3 Å². The molecule has 0 fully saturated rings. The van der Waals surface area contributed by atoms with Crippen LogP contribution in [0.25, 0.3) is 0 Å². The summed E-state index contributed by atoms with van der Waals surface area (Å²) < 4.78 is 7.83. The molecule has 0 amide bonds. The van der Waals surface area contributed by atoms with Crippen molar-refractivity contribution in [3.8, 4) is 0 Å². The molecule has 0 rings (SSSR count). The maximum Gasteiger partial charge on any atom is 0.396 e. The molecular formula is C2H4ClO4PS. The molecule has 0 saturated carbocycles. The average molecular weight is 191 g/mol. The van der Waals surface area contributed by atoms with Gasteiger partial charge < -0.3 is 9.42 Å². The molecule has 0 aromatic heterocycles. The van der Waals surface area contributed by atoms with Gasteiger partial charge in [-0.3, -0.25) is 4.79 Å².